The highest BCUT2D eigenvalue weighted by molar-refractivity contribution is 5.79. The highest BCUT2D eigenvalue weighted by Gasteiger charge is 2.68. The molecule has 0 radical (unpaired) electrons. The number of Topliss-reactive ketones (excluding diaryl/α,β-unsaturated/α-hetero) is 1. The van der Waals surface area contributed by atoms with Gasteiger partial charge < -0.3 is 48.1 Å². The minimum absolute atomic E-state index is 0.0540. The molecule has 1 aliphatic carbocycles. The number of ether oxygens (including phenoxy) is 8. The Kier molecular flexibility index (Phi) is 10.0. The van der Waals surface area contributed by atoms with Gasteiger partial charge in [0.25, 0.3) is 0 Å². The molecule has 0 aromatic rings. The van der Waals surface area contributed by atoms with Crippen molar-refractivity contribution in [1.82, 2.24) is 0 Å². The second kappa shape index (κ2) is 14.4. The van der Waals surface area contributed by atoms with E-state index in [1.165, 1.54) is 11.1 Å². The number of ketones is 1. The monoisotopic (exact) mass is 728 g/mol. The number of carbonyl (C=O) groups excluding carboxylic acids is 1. The van der Waals surface area contributed by atoms with Gasteiger partial charge in [-0.2, -0.15) is 0 Å². The summed E-state index contributed by atoms with van der Waals surface area (Å²) in [5.41, 5.74) is 2.45. The molecule has 19 unspecified atom stereocenters. The topological polar surface area (TPSA) is 131 Å². The van der Waals surface area contributed by atoms with Crippen molar-refractivity contribution in [3.8, 4) is 0 Å². The summed E-state index contributed by atoms with van der Waals surface area (Å²) >= 11 is 0. The van der Waals surface area contributed by atoms with E-state index in [2.05, 4.69) is 20.1 Å². The van der Waals surface area contributed by atoms with Crippen LogP contribution in [0.15, 0.2) is 24.3 Å². The molecule has 9 heterocycles. The third-order valence-corrected chi connectivity index (χ3v) is 14.5. The lowest BCUT2D eigenvalue weighted by atomic mass is 9.68. The van der Waals surface area contributed by atoms with Crippen molar-refractivity contribution >= 4 is 5.78 Å². The smallest absolute Gasteiger partial charge is 0.172 e. The minimum atomic E-state index is -0.920. The van der Waals surface area contributed by atoms with E-state index in [0.717, 1.165) is 64.2 Å². The van der Waals surface area contributed by atoms with Gasteiger partial charge in [0, 0.05) is 45.1 Å². The maximum Gasteiger partial charge on any atom is 0.172 e. The molecule has 0 amide bonds. The number of aliphatic hydroxyl groups excluding tert-OH is 2. The fourth-order valence-corrected chi connectivity index (χ4v) is 11.9. The molecule has 9 aliphatic heterocycles. The number of methoxy groups -OCH3 is 1. The van der Waals surface area contributed by atoms with Gasteiger partial charge in [0.2, 0.25) is 0 Å². The highest BCUT2D eigenvalue weighted by Crippen LogP contribution is 2.54. The summed E-state index contributed by atoms with van der Waals surface area (Å²) in [6, 6.07) is 0. The fourth-order valence-electron chi connectivity index (χ4n) is 11.9. The Morgan fingerprint density at radius 1 is 0.827 bits per heavy atom. The zero-order chi connectivity index (χ0) is 35.9. The number of aliphatic hydroxyl groups is 2. The van der Waals surface area contributed by atoms with E-state index in [1.54, 1.807) is 7.11 Å². The molecule has 52 heavy (non-hydrogen) atoms. The molecule has 290 valence electrons. The first-order valence-corrected chi connectivity index (χ1v) is 20.4. The van der Waals surface area contributed by atoms with E-state index in [4.69, 9.17) is 37.9 Å². The summed E-state index contributed by atoms with van der Waals surface area (Å²) in [6.45, 7) is 11.0. The van der Waals surface area contributed by atoms with Gasteiger partial charge in [-0.15, -0.1) is 0 Å². The van der Waals surface area contributed by atoms with E-state index in [-0.39, 0.29) is 104 Å². The fraction of sp³-hybridized carbons (Fsp3) is 0.878. The molecule has 1 spiro atoms. The summed E-state index contributed by atoms with van der Waals surface area (Å²) < 4.78 is 53.3. The van der Waals surface area contributed by atoms with E-state index in [1.807, 2.05) is 0 Å². The van der Waals surface area contributed by atoms with E-state index in [0.29, 0.717) is 31.1 Å². The Hall–Kier alpha value is -1.25. The quantitative estimate of drug-likeness (QED) is 0.401. The van der Waals surface area contributed by atoms with Crippen molar-refractivity contribution in [2.45, 2.75) is 188 Å². The summed E-state index contributed by atoms with van der Waals surface area (Å²) in [6.07, 6.45) is 6.83. The van der Waals surface area contributed by atoms with Crippen molar-refractivity contribution in [3.63, 3.8) is 0 Å². The number of carbonyl (C=O) groups is 1. The molecule has 0 aromatic heterocycles. The van der Waals surface area contributed by atoms with Gasteiger partial charge in [0.05, 0.1) is 61.5 Å². The third-order valence-electron chi connectivity index (χ3n) is 14.5. The summed E-state index contributed by atoms with van der Waals surface area (Å²) in [5.74, 6) is 0.343. The van der Waals surface area contributed by atoms with Crippen LogP contribution in [0.25, 0.3) is 0 Å². The number of rotatable bonds is 4. The van der Waals surface area contributed by atoms with E-state index in [9.17, 15) is 15.0 Å². The molecule has 11 nitrogen and oxygen atoms in total. The first-order valence-electron chi connectivity index (χ1n) is 20.4. The van der Waals surface area contributed by atoms with Gasteiger partial charge in [-0.25, -0.2) is 0 Å². The first-order chi connectivity index (χ1) is 25.1. The molecule has 10 aliphatic rings. The molecule has 9 saturated heterocycles. The largest absolute Gasteiger partial charge is 0.394 e. The van der Waals surface area contributed by atoms with Crippen molar-refractivity contribution in [2.24, 2.45) is 23.7 Å². The molecule has 1 saturated carbocycles. The van der Waals surface area contributed by atoms with Crippen molar-refractivity contribution < 1.29 is 52.9 Å². The molecule has 10 fully saturated rings. The highest BCUT2D eigenvalue weighted by atomic mass is 16.8. The van der Waals surface area contributed by atoms with Crippen LogP contribution in [0.2, 0.25) is 0 Å². The zero-order valence-electron chi connectivity index (χ0n) is 31.0. The Morgan fingerprint density at radius 2 is 1.62 bits per heavy atom. The maximum absolute atomic E-state index is 14.1. The third kappa shape index (κ3) is 6.60. The standard InChI is InChI=1S/C41H60O11/c1-20-11-23-5-7-30-21(2)12-28(46-30)9-10-41-18-34-37(51-41)38-39(50-34)40(52-41)36-31(49-38)8-6-27(47-36)15-25(43)16-29-32(14-24(13-23)22(20)3)48-33(35(29)45-4)17-26(44)19-42/h20,23-24,26-40,42,44H,2-3,5-19H2,1,4H3. The number of fused-ring (bicyclic) bond motifs is 6. The molecule has 2 N–H and O–H groups in total. The van der Waals surface area contributed by atoms with Crippen LogP contribution in [-0.2, 0) is 42.7 Å². The van der Waals surface area contributed by atoms with Crippen molar-refractivity contribution in [1.29, 1.82) is 0 Å². The van der Waals surface area contributed by atoms with Crippen LogP contribution in [0.3, 0.4) is 0 Å². The zero-order valence-corrected chi connectivity index (χ0v) is 31.0. The number of allylic oxidation sites excluding steroid dienone is 1. The van der Waals surface area contributed by atoms with Crippen LogP contribution < -0.4 is 0 Å². The lowest BCUT2D eigenvalue weighted by molar-refractivity contribution is -0.292. The molecule has 11 heteroatoms. The van der Waals surface area contributed by atoms with Crippen LogP contribution in [0, 0.1) is 23.7 Å². The second-order valence-corrected chi connectivity index (χ2v) is 17.9. The lowest BCUT2D eigenvalue weighted by Crippen LogP contribution is -2.61. The van der Waals surface area contributed by atoms with Gasteiger partial charge in [0.1, 0.15) is 36.3 Å². The maximum atomic E-state index is 14.1. The summed E-state index contributed by atoms with van der Waals surface area (Å²) in [7, 11) is 1.66. The van der Waals surface area contributed by atoms with Gasteiger partial charge in [-0.1, -0.05) is 25.7 Å². The predicted octanol–water partition coefficient (Wildman–Crippen LogP) is 4.34. The van der Waals surface area contributed by atoms with Gasteiger partial charge in [-0.05, 0) is 81.1 Å². The van der Waals surface area contributed by atoms with Crippen LogP contribution >= 0.6 is 0 Å². The number of hydrogen-bond donors (Lipinski definition) is 2. The SMILES string of the molecule is C=C1C(C)CC2CCC3OC(CCC45CC6OC7C(OC8CCC(CC(=O)CC9C(CC1C2)OC(CC(O)CO)C9OC)OC8C7O4)C6O5)CC3=C. The summed E-state index contributed by atoms with van der Waals surface area (Å²) in [5, 5.41) is 20.1. The summed E-state index contributed by atoms with van der Waals surface area (Å²) in [4.78, 5) is 14.1. The van der Waals surface area contributed by atoms with E-state index < -0.39 is 18.0 Å². The Balaban J connectivity index is 0.994. The number of hydrogen-bond acceptors (Lipinski definition) is 11. The second-order valence-electron chi connectivity index (χ2n) is 17.9. The predicted molar refractivity (Wildman–Crippen MR) is 187 cm³/mol. The average Bonchev–Trinajstić information content (AvgIpc) is 3.79. The molecular weight excluding hydrogens is 668 g/mol. The van der Waals surface area contributed by atoms with Crippen molar-refractivity contribution in [3.05, 3.63) is 24.3 Å². The normalized spacial score (nSPS) is 52.4. The van der Waals surface area contributed by atoms with Gasteiger partial charge >= 0.3 is 0 Å². The molecule has 0 aromatic carbocycles. The Labute approximate surface area is 308 Å². The van der Waals surface area contributed by atoms with Crippen LogP contribution in [-0.4, -0.2) is 121 Å². The van der Waals surface area contributed by atoms with Gasteiger partial charge in [0.15, 0.2) is 5.79 Å². The van der Waals surface area contributed by atoms with Gasteiger partial charge in [-0.3, -0.25) is 4.79 Å². The molecule has 19 atom stereocenters. The molecular formula is C41H60O11. The Bertz CT molecular complexity index is 1370. The van der Waals surface area contributed by atoms with Crippen LogP contribution in [0.1, 0.15) is 96.8 Å². The van der Waals surface area contributed by atoms with Crippen LogP contribution in [0.4, 0.5) is 0 Å². The minimum Gasteiger partial charge on any atom is -0.394 e. The van der Waals surface area contributed by atoms with Crippen LogP contribution in [0.5, 0.6) is 0 Å². The molecule has 10 rings (SSSR count). The lowest BCUT2D eigenvalue weighted by Gasteiger charge is -2.47. The van der Waals surface area contributed by atoms with Crippen molar-refractivity contribution in [2.75, 3.05) is 13.7 Å². The van der Waals surface area contributed by atoms with E-state index >= 15 is 0 Å². The Morgan fingerprint density at radius 3 is 2.44 bits per heavy atom. The first kappa shape index (κ1) is 36.4. The molecule has 12 bridgehead atoms. The average molecular weight is 729 g/mol.